The van der Waals surface area contributed by atoms with Gasteiger partial charge in [0.25, 0.3) is 0 Å². The van der Waals surface area contributed by atoms with E-state index < -0.39 is 11.7 Å². The van der Waals surface area contributed by atoms with Crippen LogP contribution in [0.3, 0.4) is 0 Å². The summed E-state index contributed by atoms with van der Waals surface area (Å²) >= 11 is 0. The van der Waals surface area contributed by atoms with Gasteiger partial charge in [-0.3, -0.25) is 9.79 Å². The molecule has 0 aliphatic heterocycles. The highest BCUT2D eigenvalue weighted by Crippen LogP contribution is 2.10. The van der Waals surface area contributed by atoms with Crippen LogP contribution < -0.4 is 21.3 Å². The number of alkyl carbamates (subject to hydrolysis) is 1. The largest absolute Gasteiger partial charge is 0.444 e. The maximum Gasteiger partial charge on any atom is 0.407 e. The maximum atomic E-state index is 12.1. The van der Waals surface area contributed by atoms with Crippen LogP contribution in [0, 0.1) is 0 Å². The minimum Gasteiger partial charge on any atom is -0.444 e. The normalized spacial score (nSPS) is 11.1. The van der Waals surface area contributed by atoms with Crippen LogP contribution in [0.2, 0.25) is 0 Å². The molecule has 0 spiro atoms. The minimum absolute atomic E-state index is 0. The van der Waals surface area contributed by atoms with Crippen LogP contribution in [-0.4, -0.2) is 50.2 Å². The van der Waals surface area contributed by atoms with Crippen molar-refractivity contribution in [2.45, 2.75) is 46.1 Å². The number of benzene rings is 1. The molecule has 164 valence electrons. The minimum atomic E-state index is -0.507. The van der Waals surface area contributed by atoms with Crippen LogP contribution in [0.25, 0.3) is 0 Å². The molecule has 0 aliphatic rings. The van der Waals surface area contributed by atoms with Gasteiger partial charge < -0.3 is 26.0 Å². The molecule has 9 heteroatoms. The summed E-state index contributed by atoms with van der Waals surface area (Å²) in [6.45, 7) is 8.71. The summed E-state index contributed by atoms with van der Waals surface area (Å²) in [5.41, 5.74) is 1.44. The predicted octanol–water partition coefficient (Wildman–Crippen LogP) is 2.89. The molecule has 0 bridgehead atoms. The Hall–Kier alpha value is -2.04. The molecule has 0 fully saturated rings. The van der Waals surface area contributed by atoms with Crippen molar-refractivity contribution in [3.63, 3.8) is 0 Å². The molecule has 0 aromatic heterocycles. The van der Waals surface area contributed by atoms with Crippen LogP contribution in [0.4, 0.5) is 10.5 Å². The van der Waals surface area contributed by atoms with Crippen molar-refractivity contribution in [1.29, 1.82) is 0 Å². The van der Waals surface area contributed by atoms with Gasteiger partial charge in [0.15, 0.2) is 5.96 Å². The van der Waals surface area contributed by atoms with E-state index in [9.17, 15) is 9.59 Å². The number of ether oxygens (including phenoxy) is 1. The van der Waals surface area contributed by atoms with Gasteiger partial charge in [-0.2, -0.15) is 0 Å². The Labute approximate surface area is 190 Å². The van der Waals surface area contributed by atoms with E-state index in [4.69, 9.17) is 4.74 Å². The molecule has 0 saturated carbocycles. The number of aliphatic imine (C=N–C) groups is 1. The molecule has 0 saturated heterocycles. The molecule has 29 heavy (non-hydrogen) atoms. The Balaban J connectivity index is 0.00000784. The number of halogens is 1. The van der Waals surface area contributed by atoms with Crippen LogP contribution >= 0.6 is 24.0 Å². The fourth-order valence-corrected chi connectivity index (χ4v) is 2.26. The monoisotopic (exact) mass is 519 g/mol. The fraction of sp³-hybridized carbons (Fsp3) is 0.550. The van der Waals surface area contributed by atoms with Crippen molar-refractivity contribution < 1.29 is 14.3 Å². The van der Waals surface area contributed by atoms with Crippen LogP contribution in [-0.2, 0) is 16.0 Å². The average molecular weight is 519 g/mol. The zero-order chi connectivity index (χ0) is 21.0. The SMILES string of the molecule is CCc1cccc(NC(=O)CNC(=NC)NCCCNC(=O)OC(C)(C)C)c1.I. The lowest BCUT2D eigenvalue weighted by atomic mass is 10.1. The Morgan fingerprint density at radius 3 is 2.41 bits per heavy atom. The topological polar surface area (TPSA) is 104 Å². The third kappa shape index (κ3) is 12.9. The number of hydrogen-bond acceptors (Lipinski definition) is 4. The van der Waals surface area contributed by atoms with Gasteiger partial charge in [0.2, 0.25) is 5.91 Å². The lowest BCUT2D eigenvalue weighted by molar-refractivity contribution is -0.115. The first-order chi connectivity index (χ1) is 13.2. The summed E-state index contributed by atoms with van der Waals surface area (Å²) in [6, 6.07) is 7.77. The van der Waals surface area contributed by atoms with E-state index in [0.717, 1.165) is 12.1 Å². The third-order valence-electron chi connectivity index (χ3n) is 3.57. The van der Waals surface area contributed by atoms with Crippen LogP contribution in [0.15, 0.2) is 29.3 Å². The van der Waals surface area contributed by atoms with E-state index in [1.165, 1.54) is 5.56 Å². The molecule has 0 heterocycles. The van der Waals surface area contributed by atoms with Gasteiger partial charge in [-0.25, -0.2) is 4.79 Å². The first kappa shape index (κ1) is 27.0. The number of amides is 2. The number of nitrogens with zero attached hydrogens (tertiary/aromatic N) is 1. The van der Waals surface area contributed by atoms with E-state index in [0.29, 0.717) is 25.5 Å². The lowest BCUT2D eigenvalue weighted by Gasteiger charge is -2.19. The standard InChI is InChI=1S/C20H33N5O3.HI/c1-6-15-9-7-10-16(13-15)25-17(26)14-24-18(21-5)22-11-8-12-23-19(27)28-20(2,3)4;/h7,9-10,13H,6,8,11-12,14H2,1-5H3,(H,23,27)(H,25,26)(H2,21,22,24);1H. The molecule has 4 N–H and O–H groups in total. The van der Waals surface area contributed by atoms with Crippen LogP contribution in [0.1, 0.15) is 39.7 Å². The number of hydrogen-bond donors (Lipinski definition) is 4. The fourth-order valence-electron chi connectivity index (χ4n) is 2.26. The summed E-state index contributed by atoms with van der Waals surface area (Å²) in [7, 11) is 1.64. The maximum absolute atomic E-state index is 12.1. The molecule has 2 amide bonds. The van der Waals surface area contributed by atoms with Crippen molar-refractivity contribution in [1.82, 2.24) is 16.0 Å². The number of carbonyl (C=O) groups excluding carboxylic acids is 2. The molecule has 8 nitrogen and oxygen atoms in total. The molecule has 0 unspecified atom stereocenters. The Morgan fingerprint density at radius 1 is 1.10 bits per heavy atom. The van der Waals surface area contributed by atoms with Crippen molar-refractivity contribution in [3.8, 4) is 0 Å². The predicted molar refractivity (Wildman–Crippen MR) is 128 cm³/mol. The Kier molecular flexibility index (Phi) is 13.0. The van der Waals surface area contributed by atoms with Gasteiger partial charge in [0, 0.05) is 25.8 Å². The van der Waals surface area contributed by atoms with E-state index >= 15 is 0 Å². The lowest BCUT2D eigenvalue weighted by Crippen LogP contribution is -2.42. The highest BCUT2D eigenvalue weighted by molar-refractivity contribution is 14.0. The zero-order valence-electron chi connectivity index (χ0n) is 17.9. The number of aryl methyl sites for hydroxylation is 1. The van der Waals surface area contributed by atoms with Gasteiger partial charge in [-0.05, 0) is 51.3 Å². The summed E-state index contributed by atoms with van der Waals surface area (Å²) < 4.78 is 5.16. The van der Waals surface area contributed by atoms with Gasteiger partial charge in [0.05, 0.1) is 6.54 Å². The van der Waals surface area contributed by atoms with Crippen molar-refractivity contribution in [3.05, 3.63) is 29.8 Å². The third-order valence-corrected chi connectivity index (χ3v) is 3.57. The number of nitrogens with one attached hydrogen (secondary N) is 4. The molecular formula is C20H34IN5O3. The quantitative estimate of drug-likeness (QED) is 0.183. The van der Waals surface area contributed by atoms with E-state index in [2.05, 4.69) is 33.2 Å². The average Bonchev–Trinajstić information content (AvgIpc) is 2.62. The van der Waals surface area contributed by atoms with Crippen molar-refractivity contribution >= 4 is 47.6 Å². The molecule has 0 atom stereocenters. The summed E-state index contributed by atoms with van der Waals surface area (Å²) in [6.07, 6.45) is 1.18. The molecule has 1 rings (SSSR count). The number of guanidine groups is 1. The summed E-state index contributed by atoms with van der Waals surface area (Å²) in [5, 5.41) is 11.6. The summed E-state index contributed by atoms with van der Waals surface area (Å²) in [4.78, 5) is 27.7. The highest BCUT2D eigenvalue weighted by atomic mass is 127. The number of rotatable bonds is 8. The second-order valence-electron chi connectivity index (χ2n) is 7.24. The first-order valence-corrected chi connectivity index (χ1v) is 9.53. The Morgan fingerprint density at radius 2 is 1.79 bits per heavy atom. The number of carbonyl (C=O) groups is 2. The zero-order valence-corrected chi connectivity index (χ0v) is 20.3. The van der Waals surface area contributed by atoms with Crippen molar-refractivity contribution in [2.75, 3.05) is 32.0 Å². The molecule has 0 radical (unpaired) electrons. The number of anilines is 1. The van der Waals surface area contributed by atoms with Crippen LogP contribution in [0.5, 0.6) is 0 Å². The van der Waals surface area contributed by atoms with E-state index in [-0.39, 0.29) is 36.4 Å². The molecule has 1 aromatic rings. The van der Waals surface area contributed by atoms with E-state index in [1.807, 2.05) is 45.0 Å². The molecular weight excluding hydrogens is 485 g/mol. The smallest absolute Gasteiger partial charge is 0.407 e. The van der Waals surface area contributed by atoms with Gasteiger partial charge in [-0.1, -0.05) is 19.1 Å². The first-order valence-electron chi connectivity index (χ1n) is 9.53. The van der Waals surface area contributed by atoms with E-state index in [1.54, 1.807) is 7.05 Å². The van der Waals surface area contributed by atoms with Crippen molar-refractivity contribution in [2.24, 2.45) is 4.99 Å². The van der Waals surface area contributed by atoms with Gasteiger partial charge in [-0.15, -0.1) is 24.0 Å². The Bertz CT molecular complexity index is 674. The molecule has 0 aliphatic carbocycles. The molecule has 1 aromatic carbocycles. The van der Waals surface area contributed by atoms with Gasteiger partial charge >= 0.3 is 6.09 Å². The summed E-state index contributed by atoms with van der Waals surface area (Å²) in [5.74, 6) is 0.373. The van der Waals surface area contributed by atoms with Gasteiger partial charge in [0.1, 0.15) is 5.60 Å². The second-order valence-corrected chi connectivity index (χ2v) is 7.24. The highest BCUT2D eigenvalue weighted by Gasteiger charge is 2.15. The second kappa shape index (κ2) is 14.0.